The average Bonchev–Trinajstić information content (AvgIpc) is 2.17. The third-order valence-corrected chi connectivity index (χ3v) is 2.20. The molecule has 1 saturated heterocycles. The van der Waals surface area contributed by atoms with Crippen LogP contribution in [0.5, 0.6) is 0 Å². The third kappa shape index (κ3) is 4.39. The Morgan fingerprint density at radius 3 is 3.08 bits per heavy atom. The standard InChI is InChI=1S/C10H18O3/c1-9(5-6-11)8-13-10-4-2-3-7-12-10/h6,9-10H,2-5,7-8H2,1H3. The van der Waals surface area contributed by atoms with Crippen molar-refractivity contribution in [2.75, 3.05) is 13.2 Å². The topological polar surface area (TPSA) is 35.5 Å². The second kappa shape index (κ2) is 6.11. The van der Waals surface area contributed by atoms with E-state index in [4.69, 9.17) is 9.47 Å². The largest absolute Gasteiger partial charge is 0.353 e. The highest BCUT2D eigenvalue weighted by atomic mass is 16.7. The van der Waals surface area contributed by atoms with Crippen LogP contribution in [0.15, 0.2) is 0 Å². The molecule has 2 unspecified atom stereocenters. The summed E-state index contributed by atoms with van der Waals surface area (Å²) in [5, 5.41) is 0. The van der Waals surface area contributed by atoms with Crippen molar-refractivity contribution in [1.29, 1.82) is 0 Å². The van der Waals surface area contributed by atoms with Crippen LogP contribution in [0.2, 0.25) is 0 Å². The van der Waals surface area contributed by atoms with Crippen LogP contribution in [0, 0.1) is 5.92 Å². The average molecular weight is 186 g/mol. The van der Waals surface area contributed by atoms with E-state index in [1.54, 1.807) is 0 Å². The highest BCUT2D eigenvalue weighted by Crippen LogP contribution is 2.14. The van der Waals surface area contributed by atoms with Gasteiger partial charge in [0.2, 0.25) is 0 Å². The molecule has 1 heterocycles. The predicted molar refractivity (Wildman–Crippen MR) is 49.4 cm³/mol. The maximum absolute atomic E-state index is 10.2. The molecule has 13 heavy (non-hydrogen) atoms. The van der Waals surface area contributed by atoms with E-state index in [1.807, 2.05) is 6.92 Å². The van der Waals surface area contributed by atoms with E-state index in [1.165, 1.54) is 6.42 Å². The monoisotopic (exact) mass is 186 g/mol. The van der Waals surface area contributed by atoms with Gasteiger partial charge in [0, 0.05) is 13.0 Å². The molecule has 1 aliphatic rings. The zero-order valence-electron chi connectivity index (χ0n) is 8.20. The van der Waals surface area contributed by atoms with E-state index in [2.05, 4.69) is 0 Å². The Morgan fingerprint density at radius 2 is 2.46 bits per heavy atom. The van der Waals surface area contributed by atoms with Crippen LogP contribution in [0.4, 0.5) is 0 Å². The molecule has 1 aliphatic heterocycles. The van der Waals surface area contributed by atoms with Crippen LogP contribution < -0.4 is 0 Å². The van der Waals surface area contributed by atoms with Gasteiger partial charge in [-0.2, -0.15) is 0 Å². The lowest BCUT2D eigenvalue weighted by Gasteiger charge is -2.23. The first-order chi connectivity index (χ1) is 6.33. The fourth-order valence-corrected chi connectivity index (χ4v) is 1.35. The summed E-state index contributed by atoms with van der Waals surface area (Å²) in [6.07, 6.45) is 4.81. The van der Waals surface area contributed by atoms with Gasteiger partial charge >= 0.3 is 0 Å². The van der Waals surface area contributed by atoms with Crippen molar-refractivity contribution < 1.29 is 14.3 Å². The predicted octanol–water partition coefficient (Wildman–Crippen LogP) is 1.75. The number of hydrogen-bond donors (Lipinski definition) is 0. The zero-order chi connectivity index (χ0) is 9.52. The number of ether oxygens (including phenoxy) is 2. The van der Waals surface area contributed by atoms with Crippen LogP contribution in [0.3, 0.4) is 0 Å². The van der Waals surface area contributed by atoms with Crippen molar-refractivity contribution in [1.82, 2.24) is 0 Å². The Kier molecular flexibility index (Phi) is 5.01. The molecule has 0 bridgehead atoms. The lowest BCUT2D eigenvalue weighted by molar-refractivity contribution is -0.168. The fraction of sp³-hybridized carbons (Fsp3) is 0.900. The number of carbonyl (C=O) groups excluding carboxylic acids is 1. The highest BCUT2D eigenvalue weighted by Gasteiger charge is 2.14. The minimum atomic E-state index is -0.0251. The summed E-state index contributed by atoms with van der Waals surface area (Å²) in [5.41, 5.74) is 0. The molecule has 1 rings (SSSR count). The van der Waals surface area contributed by atoms with E-state index in [0.29, 0.717) is 18.9 Å². The highest BCUT2D eigenvalue weighted by molar-refractivity contribution is 5.49. The van der Waals surface area contributed by atoms with Gasteiger partial charge in [0.25, 0.3) is 0 Å². The molecule has 3 nitrogen and oxygen atoms in total. The lowest BCUT2D eigenvalue weighted by Crippen LogP contribution is -2.24. The summed E-state index contributed by atoms with van der Waals surface area (Å²) in [6, 6.07) is 0. The van der Waals surface area contributed by atoms with E-state index < -0.39 is 0 Å². The van der Waals surface area contributed by atoms with Crippen molar-refractivity contribution in [3.05, 3.63) is 0 Å². The molecule has 0 aromatic rings. The van der Waals surface area contributed by atoms with Crippen molar-refractivity contribution >= 4 is 6.29 Å². The van der Waals surface area contributed by atoms with E-state index in [9.17, 15) is 4.79 Å². The van der Waals surface area contributed by atoms with Gasteiger partial charge in [0.05, 0.1) is 6.61 Å². The molecule has 0 aromatic carbocycles. The van der Waals surface area contributed by atoms with Crippen LogP contribution in [0.1, 0.15) is 32.6 Å². The number of aldehydes is 1. The molecule has 1 fully saturated rings. The Morgan fingerprint density at radius 1 is 1.62 bits per heavy atom. The molecule has 0 aliphatic carbocycles. The van der Waals surface area contributed by atoms with Gasteiger partial charge in [-0.3, -0.25) is 0 Å². The summed E-state index contributed by atoms with van der Waals surface area (Å²) < 4.78 is 10.9. The zero-order valence-corrected chi connectivity index (χ0v) is 8.20. The molecule has 2 atom stereocenters. The Bertz CT molecular complexity index is 141. The molecular weight excluding hydrogens is 168 g/mol. The van der Waals surface area contributed by atoms with Gasteiger partial charge in [0.1, 0.15) is 6.29 Å². The summed E-state index contributed by atoms with van der Waals surface area (Å²) >= 11 is 0. The van der Waals surface area contributed by atoms with Crippen LogP contribution >= 0.6 is 0 Å². The summed E-state index contributed by atoms with van der Waals surface area (Å²) in [6.45, 7) is 3.45. The molecule has 0 spiro atoms. The minimum Gasteiger partial charge on any atom is -0.353 e. The Labute approximate surface area is 79.4 Å². The van der Waals surface area contributed by atoms with E-state index in [0.717, 1.165) is 25.7 Å². The van der Waals surface area contributed by atoms with Gasteiger partial charge in [-0.1, -0.05) is 6.92 Å². The molecule has 0 aromatic heterocycles. The van der Waals surface area contributed by atoms with Gasteiger partial charge < -0.3 is 14.3 Å². The molecule has 76 valence electrons. The second-order valence-corrected chi connectivity index (χ2v) is 3.64. The van der Waals surface area contributed by atoms with Gasteiger partial charge in [-0.15, -0.1) is 0 Å². The lowest BCUT2D eigenvalue weighted by atomic mass is 10.1. The van der Waals surface area contributed by atoms with Crippen molar-refractivity contribution in [2.24, 2.45) is 5.92 Å². The summed E-state index contributed by atoms with van der Waals surface area (Å²) in [5.74, 6) is 0.308. The SMILES string of the molecule is CC(CC=O)COC1CCCCO1. The molecule has 0 N–H and O–H groups in total. The first-order valence-corrected chi connectivity index (χ1v) is 4.99. The van der Waals surface area contributed by atoms with E-state index in [-0.39, 0.29) is 6.29 Å². The van der Waals surface area contributed by atoms with E-state index >= 15 is 0 Å². The molecule has 0 saturated carbocycles. The minimum absolute atomic E-state index is 0.0251. The van der Waals surface area contributed by atoms with Crippen molar-refractivity contribution in [3.8, 4) is 0 Å². The van der Waals surface area contributed by atoms with Crippen LogP contribution in [-0.2, 0) is 14.3 Å². The Hall–Kier alpha value is -0.410. The molecule has 0 amide bonds. The molecule has 0 radical (unpaired) electrons. The van der Waals surface area contributed by atoms with Crippen LogP contribution in [0.25, 0.3) is 0 Å². The number of carbonyl (C=O) groups is 1. The summed E-state index contributed by atoms with van der Waals surface area (Å²) in [4.78, 5) is 10.2. The normalized spacial score (nSPS) is 25.5. The smallest absolute Gasteiger partial charge is 0.157 e. The fourth-order valence-electron chi connectivity index (χ4n) is 1.35. The van der Waals surface area contributed by atoms with Crippen molar-refractivity contribution in [2.45, 2.75) is 38.9 Å². The van der Waals surface area contributed by atoms with Gasteiger partial charge in [-0.25, -0.2) is 0 Å². The maximum atomic E-state index is 10.2. The second-order valence-electron chi connectivity index (χ2n) is 3.64. The van der Waals surface area contributed by atoms with Gasteiger partial charge in [-0.05, 0) is 25.2 Å². The first-order valence-electron chi connectivity index (χ1n) is 4.99. The first kappa shape index (κ1) is 10.7. The third-order valence-electron chi connectivity index (χ3n) is 2.20. The summed E-state index contributed by atoms with van der Waals surface area (Å²) in [7, 11) is 0. The molecule has 3 heteroatoms. The van der Waals surface area contributed by atoms with Crippen LogP contribution in [-0.4, -0.2) is 25.8 Å². The van der Waals surface area contributed by atoms with Crippen molar-refractivity contribution in [3.63, 3.8) is 0 Å². The van der Waals surface area contributed by atoms with Gasteiger partial charge in [0.15, 0.2) is 6.29 Å². The number of rotatable bonds is 5. The maximum Gasteiger partial charge on any atom is 0.157 e. The number of hydrogen-bond acceptors (Lipinski definition) is 3. The Balaban J connectivity index is 2.06. The molecular formula is C10H18O3. The quantitative estimate of drug-likeness (QED) is 0.614.